The van der Waals surface area contributed by atoms with E-state index in [4.69, 9.17) is 17.2 Å². The minimum absolute atomic E-state index is 0.0353. The summed E-state index contributed by atoms with van der Waals surface area (Å²) in [6, 6.07) is 14.3. The first-order chi connectivity index (χ1) is 15.9. The molecule has 0 radical (unpaired) electrons. The molecule has 0 fully saturated rings. The van der Waals surface area contributed by atoms with E-state index in [0.29, 0.717) is 45.6 Å². The van der Waals surface area contributed by atoms with Gasteiger partial charge in [-0.25, -0.2) is 0 Å². The number of carbonyl (C=O) groups is 2. The average Bonchev–Trinajstić information content (AvgIpc) is 2.82. The molecule has 33 heavy (non-hydrogen) atoms. The van der Waals surface area contributed by atoms with Crippen LogP contribution in [0.4, 0.5) is 0 Å². The zero-order chi connectivity index (χ0) is 24.1. The maximum atomic E-state index is 13.3. The van der Waals surface area contributed by atoms with Gasteiger partial charge in [0.1, 0.15) is 0 Å². The smallest absolute Gasteiger partial charge is 0.239 e. The van der Waals surface area contributed by atoms with Gasteiger partial charge in [0.15, 0.2) is 5.96 Å². The van der Waals surface area contributed by atoms with Crippen LogP contribution < -0.4 is 27.8 Å². The number of hydrogen-bond donors (Lipinski definition) is 5. The van der Waals surface area contributed by atoms with E-state index in [1.165, 1.54) is 16.3 Å². The summed E-state index contributed by atoms with van der Waals surface area (Å²) in [5, 5.41) is 8.38. The highest BCUT2D eigenvalue weighted by Crippen LogP contribution is 2.16. The first-order valence-corrected chi connectivity index (χ1v) is 11.5. The predicted octanol–water partition coefficient (Wildman–Crippen LogP) is 0.318. The Hall–Kier alpha value is -3.17. The third-order valence-corrected chi connectivity index (χ3v) is 5.44. The number of benzene rings is 2. The number of nitrogens with one attached hydrogen (secondary N) is 2. The van der Waals surface area contributed by atoms with Crippen molar-refractivity contribution in [1.29, 1.82) is 0 Å². The van der Waals surface area contributed by atoms with Gasteiger partial charge in [-0.2, -0.15) is 0 Å². The van der Waals surface area contributed by atoms with E-state index >= 15 is 0 Å². The molecule has 0 aliphatic carbocycles. The van der Waals surface area contributed by atoms with E-state index in [1.807, 2.05) is 24.0 Å². The van der Waals surface area contributed by atoms with Gasteiger partial charge in [-0.3, -0.25) is 14.6 Å². The summed E-state index contributed by atoms with van der Waals surface area (Å²) in [5.74, 6) is -0.146. The van der Waals surface area contributed by atoms with Crippen molar-refractivity contribution in [3.63, 3.8) is 0 Å². The van der Waals surface area contributed by atoms with Crippen molar-refractivity contribution in [1.82, 2.24) is 15.5 Å². The number of hydrogen-bond acceptors (Lipinski definition) is 5. The number of carbonyl (C=O) groups excluding carboxylic acids is 2. The molecule has 2 rings (SSSR count). The number of amides is 2. The first kappa shape index (κ1) is 26.1. The summed E-state index contributed by atoms with van der Waals surface area (Å²) < 4.78 is 0. The normalized spacial score (nSPS) is 11.7. The summed E-state index contributed by atoms with van der Waals surface area (Å²) in [6.45, 7) is 4.49. The van der Waals surface area contributed by atoms with Crippen molar-refractivity contribution in [2.45, 2.75) is 32.2 Å². The SMILES string of the molecule is CCN(CCc1ccc2ccccc2c1)C(=O)C(CCCN=C(N)N)NCCNC(=O)CN. The molecule has 1 atom stereocenters. The molecule has 0 bridgehead atoms. The fourth-order valence-electron chi connectivity index (χ4n) is 3.64. The zero-order valence-corrected chi connectivity index (χ0v) is 19.4. The fraction of sp³-hybridized carbons (Fsp3) is 0.458. The van der Waals surface area contributed by atoms with E-state index in [0.717, 1.165) is 6.42 Å². The number of likely N-dealkylation sites (N-methyl/N-ethyl adjacent to an activating group) is 1. The van der Waals surface area contributed by atoms with Gasteiger partial charge in [-0.1, -0.05) is 42.5 Å². The third kappa shape index (κ3) is 9.07. The minimum atomic E-state index is -0.384. The second-order valence-corrected chi connectivity index (χ2v) is 7.86. The van der Waals surface area contributed by atoms with Crippen LogP contribution in [0.5, 0.6) is 0 Å². The summed E-state index contributed by atoms with van der Waals surface area (Å²) >= 11 is 0. The molecule has 0 aromatic heterocycles. The lowest BCUT2D eigenvalue weighted by atomic mass is 10.0. The molecular formula is C24H37N7O2. The molecule has 8 N–H and O–H groups in total. The maximum Gasteiger partial charge on any atom is 0.239 e. The van der Waals surface area contributed by atoms with Crippen LogP contribution in [0.25, 0.3) is 10.8 Å². The Morgan fingerprint density at radius 1 is 1.09 bits per heavy atom. The lowest BCUT2D eigenvalue weighted by Crippen LogP contribution is -2.49. The average molecular weight is 456 g/mol. The Morgan fingerprint density at radius 2 is 1.85 bits per heavy atom. The van der Waals surface area contributed by atoms with Crippen LogP contribution in [0.15, 0.2) is 47.5 Å². The zero-order valence-electron chi connectivity index (χ0n) is 19.4. The first-order valence-electron chi connectivity index (χ1n) is 11.5. The molecule has 2 aromatic rings. The summed E-state index contributed by atoms with van der Waals surface area (Å²) in [6.07, 6.45) is 2.03. The van der Waals surface area contributed by atoms with Gasteiger partial charge in [0, 0.05) is 32.7 Å². The molecule has 2 aromatic carbocycles. The molecule has 0 aliphatic heterocycles. The van der Waals surface area contributed by atoms with Crippen LogP contribution in [0.2, 0.25) is 0 Å². The predicted molar refractivity (Wildman–Crippen MR) is 134 cm³/mol. The van der Waals surface area contributed by atoms with Crippen molar-refractivity contribution >= 4 is 28.5 Å². The molecule has 0 saturated carbocycles. The van der Waals surface area contributed by atoms with E-state index < -0.39 is 0 Å². The van der Waals surface area contributed by atoms with Crippen molar-refractivity contribution in [3.05, 3.63) is 48.0 Å². The lowest BCUT2D eigenvalue weighted by Gasteiger charge is -2.27. The molecule has 0 spiro atoms. The van der Waals surface area contributed by atoms with E-state index in [1.54, 1.807) is 0 Å². The fourth-order valence-corrected chi connectivity index (χ4v) is 3.64. The Bertz CT molecular complexity index is 928. The van der Waals surface area contributed by atoms with Crippen LogP contribution in [0, 0.1) is 0 Å². The van der Waals surface area contributed by atoms with Crippen LogP contribution in [0.3, 0.4) is 0 Å². The van der Waals surface area contributed by atoms with Crippen molar-refractivity contribution in [3.8, 4) is 0 Å². The second kappa shape index (κ2) is 14.1. The highest BCUT2D eigenvalue weighted by Gasteiger charge is 2.22. The van der Waals surface area contributed by atoms with Gasteiger partial charge >= 0.3 is 0 Å². The molecule has 0 heterocycles. The number of rotatable bonds is 14. The highest BCUT2D eigenvalue weighted by molar-refractivity contribution is 5.83. The minimum Gasteiger partial charge on any atom is -0.370 e. The van der Waals surface area contributed by atoms with Gasteiger partial charge in [-0.05, 0) is 42.5 Å². The van der Waals surface area contributed by atoms with E-state index in [9.17, 15) is 9.59 Å². The van der Waals surface area contributed by atoms with Gasteiger partial charge in [0.2, 0.25) is 11.8 Å². The van der Waals surface area contributed by atoms with Gasteiger partial charge in [0.25, 0.3) is 0 Å². The topological polar surface area (TPSA) is 152 Å². The summed E-state index contributed by atoms with van der Waals surface area (Å²) in [4.78, 5) is 30.5. The van der Waals surface area contributed by atoms with Crippen molar-refractivity contribution < 1.29 is 9.59 Å². The van der Waals surface area contributed by atoms with Crippen LogP contribution >= 0.6 is 0 Å². The van der Waals surface area contributed by atoms with Crippen molar-refractivity contribution in [2.75, 3.05) is 39.3 Å². The quantitative estimate of drug-likeness (QED) is 0.157. The maximum absolute atomic E-state index is 13.3. The largest absolute Gasteiger partial charge is 0.370 e. The number of fused-ring (bicyclic) bond motifs is 1. The number of nitrogens with zero attached hydrogens (tertiary/aromatic N) is 2. The van der Waals surface area contributed by atoms with Gasteiger partial charge in [-0.15, -0.1) is 0 Å². The lowest BCUT2D eigenvalue weighted by molar-refractivity contribution is -0.133. The number of guanidine groups is 1. The molecular weight excluding hydrogens is 418 g/mol. The van der Waals surface area contributed by atoms with Crippen LogP contribution in [-0.4, -0.2) is 68.0 Å². The molecule has 0 aliphatic rings. The summed E-state index contributed by atoms with van der Waals surface area (Å²) in [5.41, 5.74) is 17.3. The Balaban J connectivity index is 1.97. The number of nitrogens with two attached hydrogens (primary N) is 3. The van der Waals surface area contributed by atoms with E-state index in [2.05, 4.69) is 46.0 Å². The van der Waals surface area contributed by atoms with E-state index in [-0.39, 0.29) is 30.4 Å². The van der Waals surface area contributed by atoms with Gasteiger partial charge < -0.3 is 32.7 Å². The molecule has 180 valence electrons. The number of aliphatic imine (C=N–C) groups is 1. The Labute approximate surface area is 195 Å². The van der Waals surface area contributed by atoms with Crippen LogP contribution in [-0.2, 0) is 16.0 Å². The molecule has 1 unspecified atom stereocenters. The third-order valence-electron chi connectivity index (χ3n) is 5.44. The standard InChI is InChI=1S/C24H37N7O2/c1-2-31(15-11-18-9-10-19-6-3-4-7-20(19)16-18)23(33)21(8-5-12-30-24(26)27)28-13-14-29-22(32)17-25/h3-4,6-7,9-10,16,21,28H,2,5,8,11-15,17,25H2,1H3,(H,29,32)(H4,26,27,30). The molecule has 9 heteroatoms. The Morgan fingerprint density at radius 3 is 2.55 bits per heavy atom. The summed E-state index contributed by atoms with van der Waals surface area (Å²) in [7, 11) is 0. The van der Waals surface area contributed by atoms with Crippen molar-refractivity contribution in [2.24, 2.45) is 22.2 Å². The highest BCUT2D eigenvalue weighted by atomic mass is 16.2. The van der Waals surface area contributed by atoms with Gasteiger partial charge in [0.05, 0.1) is 12.6 Å². The second-order valence-electron chi connectivity index (χ2n) is 7.86. The Kier molecular flexibility index (Phi) is 11.1. The monoisotopic (exact) mass is 455 g/mol. The molecule has 9 nitrogen and oxygen atoms in total. The molecule has 2 amide bonds. The van der Waals surface area contributed by atoms with Crippen LogP contribution in [0.1, 0.15) is 25.3 Å². The molecule has 0 saturated heterocycles.